The van der Waals surface area contributed by atoms with Gasteiger partial charge in [-0.1, -0.05) is 316 Å². The molecule has 6 unspecified atom stereocenters. The summed E-state index contributed by atoms with van der Waals surface area (Å²) in [4.78, 5) is 26.5. The lowest BCUT2D eigenvalue weighted by Crippen LogP contribution is -2.37. The van der Waals surface area contributed by atoms with Crippen molar-refractivity contribution in [3.63, 3.8) is 0 Å². The number of hydrogen-bond acceptors (Lipinski definition) is 18. The van der Waals surface area contributed by atoms with E-state index in [1.54, 1.807) is 55.5 Å². The van der Waals surface area contributed by atoms with Crippen LogP contribution in [0.4, 0.5) is 8.78 Å². The highest BCUT2D eigenvalue weighted by Gasteiger charge is 2.28. The number of aliphatic imine (C=N–C) groups is 6. The van der Waals surface area contributed by atoms with Crippen LogP contribution in [0.5, 0.6) is 0 Å². The van der Waals surface area contributed by atoms with Gasteiger partial charge in [0.2, 0.25) is 0 Å². The molecule has 136 heavy (non-hydrogen) atoms. The van der Waals surface area contributed by atoms with Gasteiger partial charge < -0.3 is 63.8 Å². The number of benzene rings is 12. The van der Waals surface area contributed by atoms with E-state index in [1.807, 2.05) is 121 Å². The number of nitrogens with zero attached hydrogens (tertiary/aromatic N) is 6. The number of halogens is 12. The molecule has 708 valence electrons. The summed E-state index contributed by atoms with van der Waals surface area (Å²) in [6.45, 7) is 17.9. The first-order valence-corrected chi connectivity index (χ1v) is 49.0. The largest absolute Gasteiger partial charge is 0.355 e. The minimum Gasteiger partial charge on any atom is -0.355 e. The topological polar surface area (TPSA) is 219 Å². The highest BCUT2D eigenvalue weighted by molar-refractivity contribution is 6.43. The lowest BCUT2D eigenvalue weighted by molar-refractivity contribution is 0.555. The van der Waals surface area contributed by atoms with Gasteiger partial charge >= 0.3 is 0 Å². The van der Waals surface area contributed by atoms with E-state index in [0.717, 1.165) is 176 Å². The van der Waals surface area contributed by atoms with Crippen LogP contribution in [0.25, 0.3) is 0 Å². The van der Waals surface area contributed by atoms with Crippen molar-refractivity contribution in [1.29, 1.82) is 0 Å². The average Bonchev–Trinajstić information content (AvgIpc) is 1.28. The number of guanidine groups is 6. The zero-order valence-corrected chi connectivity index (χ0v) is 83.4. The van der Waals surface area contributed by atoms with Crippen molar-refractivity contribution in [2.24, 2.45) is 30.0 Å². The van der Waals surface area contributed by atoms with Crippen molar-refractivity contribution in [3.8, 4) is 0 Å². The molecule has 0 saturated heterocycles. The van der Waals surface area contributed by atoms with Crippen LogP contribution in [-0.2, 0) is 38.5 Å². The molecule has 6 aliphatic rings. The predicted molar refractivity (Wildman–Crippen MR) is 566 cm³/mol. The third-order valence-corrected chi connectivity index (χ3v) is 26.7. The second kappa shape index (κ2) is 52.5. The summed E-state index contributed by atoms with van der Waals surface area (Å²) in [5.74, 6) is 4.21. The number of hydrogen-bond donors (Lipinski definition) is 12. The monoisotopic (exact) mass is 2020 g/mol. The van der Waals surface area contributed by atoms with Crippen LogP contribution < -0.4 is 63.8 Å². The van der Waals surface area contributed by atoms with Crippen LogP contribution in [0.15, 0.2) is 297 Å². The Morgan fingerprint density at radius 2 is 0.618 bits per heavy atom. The van der Waals surface area contributed by atoms with Crippen LogP contribution in [0.2, 0.25) is 50.2 Å². The van der Waals surface area contributed by atoms with Crippen LogP contribution >= 0.6 is 116 Å². The fourth-order valence-electron chi connectivity index (χ4n) is 16.0. The highest BCUT2D eigenvalue weighted by atomic mass is 35.5. The van der Waals surface area contributed by atoms with Gasteiger partial charge in [-0.3, -0.25) is 30.0 Å². The third-order valence-electron chi connectivity index (χ3n) is 23.2. The van der Waals surface area contributed by atoms with E-state index in [4.69, 9.17) is 116 Å². The third kappa shape index (κ3) is 31.0. The zero-order valence-electron chi connectivity index (χ0n) is 75.8. The van der Waals surface area contributed by atoms with E-state index >= 15 is 0 Å². The number of rotatable bonds is 24. The first-order valence-electron chi connectivity index (χ1n) is 45.2. The molecule has 6 aliphatic heterocycles. The molecule has 18 nitrogen and oxygen atoms in total. The van der Waals surface area contributed by atoms with Crippen LogP contribution in [0, 0.1) is 39.3 Å². The maximum absolute atomic E-state index is 14.4. The van der Waals surface area contributed by atoms with Gasteiger partial charge in [-0.25, -0.2) is 8.78 Å². The number of nitrogens with one attached hydrogen (secondary N) is 12. The average molecular weight is 2030 g/mol. The molecule has 6 heterocycles. The molecule has 0 bridgehead atoms. The van der Waals surface area contributed by atoms with Crippen LogP contribution in [0.3, 0.4) is 0 Å². The first-order chi connectivity index (χ1) is 66.0. The fourth-order valence-corrected chi connectivity index (χ4v) is 18.0. The van der Waals surface area contributed by atoms with Crippen molar-refractivity contribution >= 4 is 152 Å². The molecule has 0 radical (unpaired) electrons. The summed E-state index contributed by atoms with van der Waals surface area (Å²) in [7, 11) is 0. The SMILES string of the molecule is Cc1c(Cl)cccc1C(Cc1ccccc1)NC1=NCCN1.Cc1c(F)cccc1CC(NC1=NCCN1)c1cccc(Cl)c1Cl.Cc1ccc(CC(NC2=NCCN2)c2cccc(Cl)c2)cc1.Cc1ccccc1CC(NC1=NCCN1)c1cccc(Cl)c1.Clc1ccc(Cl)c(CC(NC2=NCCN2)c2cccc(Cl)c2Cl)c1.Fc1c(Cl)cccc1C(Cc1ccccc1)NC1=NCCN1. The second-order valence-corrected chi connectivity index (χ2v) is 37.1. The minimum absolute atomic E-state index is 0.138. The standard InChI is InChI=1S/C18H18Cl2FN3.3C18H20ClN3.C17H15Cl4N3.C17H17ClFN3/c1-11-12(4-2-7-15(11)21)10-16(24-18-22-8-9-23-18)13-5-3-6-14(19)17(13)20;1-13-5-2-3-6-14(13)12-17(22-18-20-9-10-21-18)15-7-4-8-16(19)11-15;1-13-5-7-14(8-6-13)11-17(22-18-20-9-10-21-18)15-3-2-4-16(19)12-15;1-13-15(8-5-9-16(13)19)17(22-18-20-10-11-21-18)12-14-6-3-2-4-7-14;18-11-4-5-13(19)10(8-11)9-15(24-17-22-6-7-23-17)12-2-1-3-14(20)16(12)21;18-14-8-4-7-13(16(14)19)15(22-17-20-9-10-21-17)11-12-5-2-1-3-6-12/h2-7,16H,8-10H2,1H3,(H2,22,23,24);2-8,11,17H,9-10,12H2,1H3,(H2,20,21,22);2-8,12,17H,9-11H2,1H3,(H2,20,21,22);2-9,17H,10-12H2,1H3,(H2,20,21,22);1-5,8,15H,6-7,9H2,(H2,22,23,24);1-8,15H,9-11H2,(H2,20,21,22). The van der Waals surface area contributed by atoms with Gasteiger partial charge in [-0.2, -0.15) is 0 Å². The Bertz CT molecular complexity index is 5950. The highest BCUT2D eigenvalue weighted by Crippen LogP contribution is 2.37. The molecule has 12 N–H and O–H groups in total. The summed E-state index contributed by atoms with van der Waals surface area (Å²) in [6.07, 6.45) is 4.50. The van der Waals surface area contributed by atoms with E-state index in [1.165, 1.54) is 50.6 Å². The molecule has 0 aliphatic carbocycles. The van der Waals surface area contributed by atoms with Crippen LogP contribution in [0.1, 0.15) is 125 Å². The van der Waals surface area contributed by atoms with Gasteiger partial charge in [0.15, 0.2) is 35.8 Å². The molecular weight excluding hydrogens is 1920 g/mol. The summed E-state index contributed by atoms with van der Waals surface area (Å²) in [5, 5.41) is 45.8. The molecule has 0 saturated carbocycles. The van der Waals surface area contributed by atoms with E-state index in [2.05, 4.69) is 206 Å². The molecule has 18 rings (SSSR count). The first kappa shape index (κ1) is 102. The lowest BCUT2D eigenvalue weighted by atomic mass is 9.95. The molecule has 30 heteroatoms. The Balaban J connectivity index is 0.000000138. The van der Waals surface area contributed by atoms with Gasteiger partial charge in [0.1, 0.15) is 11.6 Å². The van der Waals surface area contributed by atoms with E-state index in [9.17, 15) is 8.78 Å². The van der Waals surface area contributed by atoms with E-state index in [0.29, 0.717) is 66.5 Å². The maximum Gasteiger partial charge on any atom is 0.191 e. The van der Waals surface area contributed by atoms with Crippen molar-refractivity contribution in [2.45, 2.75) is 102 Å². The summed E-state index contributed by atoms with van der Waals surface area (Å²) in [6, 6.07) is 86.4. The van der Waals surface area contributed by atoms with Crippen LogP contribution in [-0.4, -0.2) is 114 Å². The Hall–Kier alpha value is -11.0. The van der Waals surface area contributed by atoms with E-state index in [-0.39, 0.29) is 52.9 Å². The Morgan fingerprint density at radius 1 is 0.272 bits per heavy atom. The van der Waals surface area contributed by atoms with Crippen molar-refractivity contribution in [1.82, 2.24) is 63.8 Å². The smallest absolute Gasteiger partial charge is 0.191 e. The summed E-state index contributed by atoms with van der Waals surface area (Å²) in [5.41, 5.74) is 17.1. The molecule has 12 aromatic carbocycles. The molecule has 0 amide bonds. The Kier molecular flexibility index (Phi) is 39.6. The normalized spacial score (nSPS) is 15.0. The quantitative estimate of drug-likeness (QED) is 0.0272. The predicted octanol–water partition coefficient (Wildman–Crippen LogP) is 23.2. The van der Waals surface area contributed by atoms with Crippen molar-refractivity contribution in [2.75, 3.05) is 78.5 Å². The van der Waals surface area contributed by atoms with Gasteiger partial charge in [0, 0.05) is 69.9 Å². The van der Waals surface area contributed by atoms with Gasteiger partial charge in [0.25, 0.3) is 0 Å². The molecule has 0 aromatic heterocycles. The Morgan fingerprint density at radius 3 is 1.07 bits per heavy atom. The Labute approximate surface area is 846 Å². The molecule has 12 aromatic rings. The zero-order chi connectivity index (χ0) is 95.7. The molecule has 0 spiro atoms. The van der Waals surface area contributed by atoms with Gasteiger partial charge in [-0.15, -0.1) is 0 Å². The summed E-state index contributed by atoms with van der Waals surface area (Å²) >= 11 is 62.2. The molecular formula is C106H110Cl10F2N18. The van der Waals surface area contributed by atoms with Crippen molar-refractivity contribution in [3.05, 3.63) is 418 Å². The maximum atomic E-state index is 14.4. The number of aryl methyl sites for hydroxylation is 2. The minimum atomic E-state index is -0.379. The molecule has 6 atom stereocenters. The van der Waals surface area contributed by atoms with Gasteiger partial charge in [-0.05, 0) is 217 Å². The lowest BCUT2D eigenvalue weighted by Gasteiger charge is -2.23. The van der Waals surface area contributed by atoms with Crippen molar-refractivity contribution < 1.29 is 8.78 Å². The van der Waals surface area contributed by atoms with E-state index < -0.39 is 0 Å². The van der Waals surface area contributed by atoms with Gasteiger partial charge in [0.05, 0.1) is 101 Å². The molecule has 0 fully saturated rings. The second-order valence-electron chi connectivity index (χ2n) is 33.0. The summed E-state index contributed by atoms with van der Waals surface area (Å²) < 4.78 is 28.3. The fraction of sp³-hybridized carbons (Fsp3) is 0.264.